The number of hydrogen-bond acceptors (Lipinski definition) is 7. The molecular formula is C18H20N8O. The molecule has 0 aliphatic heterocycles. The van der Waals surface area contributed by atoms with Crippen molar-refractivity contribution < 1.29 is 4.79 Å². The van der Waals surface area contributed by atoms with Gasteiger partial charge in [0.05, 0.1) is 58.8 Å². The molecule has 3 aromatic rings. The summed E-state index contributed by atoms with van der Waals surface area (Å²) >= 11 is 0. The number of nitrogens with two attached hydrogens (primary N) is 1. The molecule has 3 aromatic heterocycles. The smallest absolute Gasteiger partial charge is 0.259 e. The zero-order chi connectivity index (χ0) is 19.4. The number of nitrogens with zero attached hydrogens (tertiary/aromatic N) is 5. The van der Waals surface area contributed by atoms with Crippen LogP contribution in [0.15, 0.2) is 43.3 Å². The van der Waals surface area contributed by atoms with Gasteiger partial charge in [-0.05, 0) is 13.0 Å². The molecule has 0 unspecified atom stereocenters. The van der Waals surface area contributed by atoms with Crippen molar-refractivity contribution in [3.8, 4) is 11.3 Å². The summed E-state index contributed by atoms with van der Waals surface area (Å²) in [5.41, 5.74) is 9.83. The molecule has 0 atom stereocenters. The van der Waals surface area contributed by atoms with E-state index in [-0.39, 0.29) is 11.5 Å². The van der Waals surface area contributed by atoms with Gasteiger partial charge in [0.15, 0.2) is 0 Å². The van der Waals surface area contributed by atoms with Gasteiger partial charge in [-0.25, -0.2) is 0 Å². The molecule has 138 valence electrons. The first-order chi connectivity index (χ1) is 13.0. The molecule has 1 amide bonds. The number of rotatable bonds is 5. The molecule has 0 spiro atoms. The summed E-state index contributed by atoms with van der Waals surface area (Å²) in [4.78, 5) is 25.6. The summed E-state index contributed by atoms with van der Waals surface area (Å²) in [7, 11) is 3.60. The summed E-state index contributed by atoms with van der Waals surface area (Å²) in [6, 6.07) is 1.80. The summed E-state index contributed by atoms with van der Waals surface area (Å²) in [5.74, 6) is -0.390. The number of aryl methyl sites for hydroxylation is 2. The Bertz CT molecular complexity index is 991. The van der Waals surface area contributed by atoms with Crippen molar-refractivity contribution in [1.82, 2.24) is 24.7 Å². The fraction of sp³-hybridized carbons (Fsp3) is 0.167. The Morgan fingerprint density at radius 3 is 2.59 bits per heavy atom. The Morgan fingerprint density at radius 2 is 2.00 bits per heavy atom. The zero-order valence-corrected chi connectivity index (χ0v) is 15.3. The van der Waals surface area contributed by atoms with E-state index in [0.717, 1.165) is 11.3 Å². The maximum Gasteiger partial charge on any atom is 0.259 e. The van der Waals surface area contributed by atoms with E-state index >= 15 is 0 Å². The molecule has 0 aromatic carbocycles. The minimum absolute atomic E-state index is 0.217. The quantitative estimate of drug-likeness (QED) is 0.587. The largest absolute Gasteiger partial charge is 0.404 e. The van der Waals surface area contributed by atoms with Gasteiger partial charge in [-0.2, -0.15) is 5.10 Å². The molecular weight excluding hydrogens is 344 g/mol. The predicted octanol–water partition coefficient (Wildman–Crippen LogP) is 1.56. The third-order valence-electron chi connectivity index (χ3n) is 3.96. The average molecular weight is 364 g/mol. The molecule has 0 bridgehead atoms. The Balaban J connectivity index is 1.81. The molecule has 0 saturated heterocycles. The molecule has 27 heavy (non-hydrogen) atoms. The van der Waals surface area contributed by atoms with E-state index in [4.69, 9.17) is 5.73 Å². The number of pyridine rings is 1. The number of hydrogen-bond donors (Lipinski definition) is 3. The van der Waals surface area contributed by atoms with Crippen LogP contribution in [-0.4, -0.2) is 37.7 Å². The molecule has 0 aliphatic carbocycles. The highest BCUT2D eigenvalue weighted by Crippen LogP contribution is 2.21. The normalized spacial score (nSPS) is 11.3. The zero-order valence-electron chi connectivity index (χ0n) is 15.3. The van der Waals surface area contributed by atoms with Gasteiger partial charge in [0.2, 0.25) is 0 Å². The molecule has 0 fully saturated rings. The van der Waals surface area contributed by atoms with Crippen LogP contribution in [0.25, 0.3) is 16.8 Å². The van der Waals surface area contributed by atoms with Gasteiger partial charge in [0, 0.05) is 32.1 Å². The lowest BCUT2D eigenvalue weighted by Crippen LogP contribution is -2.17. The number of anilines is 2. The van der Waals surface area contributed by atoms with Crippen LogP contribution in [0.5, 0.6) is 0 Å². The highest BCUT2D eigenvalue weighted by molar-refractivity contribution is 6.24. The van der Waals surface area contributed by atoms with E-state index in [1.807, 2.05) is 20.2 Å². The highest BCUT2D eigenvalue weighted by atomic mass is 16.1. The molecule has 0 radical (unpaired) electrons. The van der Waals surface area contributed by atoms with Crippen LogP contribution in [0.3, 0.4) is 0 Å². The van der Waals surface area contributed by atoms with Crippen molar-refractivity contribution in [1.29, 1.82) is 0 Å². The van der Waals surface area contributed by atoms with E-state index in [0.29, 0.717) is 22.8 Å². The van der Waals surface area contributed by atoms with Gasteiger partial charge in [0.25, 0.3) is 5.91 Å². The van der Waals surface area contributed by atoms with Crippen LogP contribution in [-0.2, 0) is 11.8 Å². The minimum atomic E-state index is -0.390. The first-order valence-electron chi connectivity index (χ1n) is 8.21. The fourth-order valence-corrected chi connectivity index (χ4v) is 2.43. The second-order valence-electron chi connectivity index (χ2n) is 5.83. The molecule has 3 rings (SSSR count). The lowest BCUT2D eigenvalue weighted by atomic mass is 10.1. The first-order valence-corrected chi connectivity index (χ1v) is 8.21. The third-order valence-corrected chi connectivity index (χ3v) is 3.96. The number of nitrogens with one attached hydrogen (secondary N) is 2. The molecule has 4 N–H and O–H groups in total. The maximum absolute atomic E-state index is 12.7. The number of carbonyl (C=O) groups is 1. The maximum atomic E-state index is 12.7. The highest BCUT2D eigenvalue weighted by Gasteiger charge is 2.16. The van der Waals surface area contributed by atoms with Crippen LogP contribution in [0.2, 0.25) is 0 Å². The number of carbonyl (C=O) groups excluding carboxylic acids is 1. The lowest BCUT2D eigenvalue weighted by molar-refractivity contribution is -0.111. The van der Waals surface area contributed by atoms with E-state index < -0.39 is 0 Å². The van der Waals surface area contributed by atoms with Crippen LogP contribution in [0.4, 0.5) is 11.4 Å². The molecule has 3 heterocycles. The third kappa shape index (κ3) is 3.92. The number of amides is 1. The van der Waals surface area contributed by atoms with Crippen LogP contribution in [0, 0.1) is 6.92 Å². The van der Waals surface area contributed by atoms with Crippen molar-refractivity contribution in [3.63, 3.8) is 0 Å². The Kier molecular flexibility index (Phi) is 5.11. The van der Waals surface area contributed by atoms with E-state index in [1.54, 1.807) is 36.4 Å². The van der Waals surface area contributed by atoms with Gasteiger partial charge in [-0.1, -0.05) is 0 Å². The van der Waals surface area contributed by atoms with Gasteiger partial charge in [0.1, 0.15) is 0 Å². The summed E-state index contributed by atoms with van der Waals surface area (Å²) in [5, 5.41) is 9.90. The van der Waals surface area contributed by atoms with Gasteiger partial charge < -0.3 is 16.4 Å². The lowest BCUT2D eigenvalue weighted by Gasteiger charge is -2.11. The van der Waals surface area contributed by atoms with Crippen LogP contribution in [0.1, 0.15) is 11.4 Å². The fourth-order valence-electron chi connectivity index (χ4n) is 2.43. The van der Waals surface area contributed by atoms with Crippen molar-refractivity contribution in [3.05, 3.63) is 54.6 Å². The Morgan fingerprint density at radius 1 is 1.19 bits per heavy atom. The second-order valence-corrected chi connectivity index (χ2v) is 5.83. The standard InChI is InChI=1S/C18H20N8O/c1-11-15(4-13(20-2)7-21-11)25-18(27)14(5-19)17-9-22-16(8-23-17)12-6-24-26(3)10-12/h4-10,20H,19H2,1-3H3,(H,25,27)/b14-5+. The molecule has 9 heteroatoms. The average Bonchev–Trinajstić information content (AvgIpc) is 3.11. The first kappa shape index (κ1) is 18.1. The van der Waals surface area contributed by atoms with E-state index in [1.165, 1.54) is 12.4 Å². The molecule has 0 aliphatic rings. The molecule has 0 saturated carbocycles. The topological polar surface area (TPSA) is 124 Å². The van der Waals surface area contributed by atoms with E-state index in [2.05, 4.69) is 30.7 Å². The Hall–Kier alpha value is -3.75. The van der Waals surface area contributed by atoms with Gasteiger partial charge in [-0.3, -0.25) is 24.4 Å². The minimum Gasteiger partial charge on any atom is -0.404 e. The predicted molar refractivity (Wildman–Crippen MR) is 104 cm³/mol. The van der Waals surface area contributed by atoms with Crippen molar-refractivity contribution in [2.45, 2.75) is 6.92 Å². The monoisotopic (exact) mass is 364 g/mol. The van der Waals surface area contributed by atoms with Crippen LogP contribution >= 0.6 is 0 Å². The summed E-state index contributed by atoms with van der Waals surface area (Å²) in [6.45, 7) is 1.81. The SMILES string of the molecule is CNc1cnc(C)c(NC(=O)/C(=C/N)c2cnc(-c3cnn(C)c3)cn2)c1. The molecule has 9 nitrogen and oxygen atoms in total. The van der Waals surface area contributed by atoms with Crippen LogP contribution < -0.4 is 16.4 Å². The summed E-state index contributed by atoms with van der Waals surface area (Å²) in [6.07, 6.45) is 9.52. The Labute approximate surface area is 156 Å². The second kappa shape index (κ2) is 7.65. The van der Waals surface area contributed by atoms with E-state index in [9.17, 15) is 4.79 Å². The number of aromatic nitrogens is 5. The van der Waals surface area contributed by atoms with Crippen molar-refractivity contribution in [2.75, 3.05) is 17.7 Å². The van der Waals surface area contributed by atoms with Gasteiger partial charge in [-0.15, -0.1) is 0 Å². The van der Waals surface area contributed by atoms with Crippen molar-refractivity contribution >= 4 is 22.9 Å². The summed E-state index contributed by atoms with van der Waals surface area (Å²) < 4.78 is 1.68. The van der Waals surface area contributed by atoms with Crippen molar-refractivity contribution in [2.24, 2.45) is 12.8 Å². The van der Waals surface area contributed by atoms with Gasteiger partial charge >= 0.3 is 0 Å².